The monoisotopic (exact) mass is 728 g/mol. The Hall–Kier alpha value is -7.94. The van der Waals surface area contributed by atoms with Crippen molar-refractivity contribution in [2.24, 2.45) is 0 Å². The Morgan fingerprint density at radius 1 is 0.351 bits per heavy atom. The number of hydrogen-bond acceptors (Lipinski definition) is 5. The van der Waals surface area contributed by atoms with Crippen molar-refractivity contribution in [2.45, 2.75) is 0 Å². The van der Waals surface area contributed by atoms with Crippen LogP contribution in [0, 0.1) is 11.3 Å². The number of fused-ring (bicyclic) bond motifs is 3. The van der Waals surface area contributed by atoms with Crippen molar-refractivity contribution < 1.29 is 4.42 Å². The van der Waals surface area contributed by atoms with Gasteiger partial charge in [0.2, 0.25) is 0 Å². The van der Waals surface area contributed by atoms with Crippen LogP contribution >= 0.6 is 0 Å². The van der Waals surface area contributed by atoms with E-state index in [1.54, 1.807) is 0 Å². The van der Waals surface area contributed by atoms with Crippen LogP contribution in [0.15, 0.2) is 199 Å². The maximum Gasteiger partial charge on any atom is 0.164 e. The molecule has 0 fully saturated rings. The van der Waals surface area contributed by atoms with Crippen molar-refractivity contribution >= 4 is 21.9 Å². The average Bonchev–Trinajstić information content (AvgIpc) is 3.67. The van der Waals surface area contributed by atoms with Crippen LogP contribution in [0.4, 0.5) is 0 Å². The van der Waals surface area contributed by atoms with Gasteiger partial charge in [-0.25, -0.2) is 15.0 Å². The van der Waals surface area contributed by atoms with E-state index in [-0.39, 0.29) is 0 Å². The van der Waals surface area contributed by atoms with Crippen molar-refractivity contribution in [3.05, 3.63) is 200 Å². The van der Waals surface area contributed by atoms with Crippen LogP contribution in [-0.4, -0.2) is 15.0 Å². The second-order valence-electron chi connectivity index (χ2n) is 13.9. The molecule has 10 rings (SSSR count). The molecule has 0 atom stereocenters. The summed E-state index contributed by atoms with van der Waals surface area (Å²) in [4.78, 5) is 15.3. The first kappa shape index (κ1) is 33.6. The SMILES string of the molecule is N#Cc1ccc(-c2ccc(-c3nc(-c4ccccc4)nc(-c4cc5oc6cccc(-c7cccc(-c8ccccc8)c7)c6c5cc4-c4ccccc4)n3)cc2)cc1. The van der Waals surface area contributed by atoms with Crippen LogP contribution in [0.1, 0.15) is 5.56 Å². The molecule has 5 nitrogen and oxygen atoms in total. The first-order valence-electron chi connectivity index (χ1n) is 18.8. The first-order valence-corrected chi connectivity index (χ1v) is 18.8. The van der Waals surface area contributed by atoms with Crippen molar-refractivity contribution in [1.29, 1.82) is 5.26 Å². The predicted octanol–water partition coefficient (Wildman–Crippen LogP) is 13.3. The van der Waals surface area contributed by atoms with E-state index in [1.807, 2.05) is 84.9 Å². The zero-order valence-corrected chi connectivity index (χ0v) is 30.7. The van der Waals surface area contributed by atoms with Gasteiger partial charge >= 0.3 is 0 Å². The summed E-state index contributed by atoms with van der Waals surface area (Å²) >= 11 is 0. The lowest BCUT2D eigenvalue weighted by Crippen LogP contribution is -2.01. The topological polar surface area (TPSA) is 75.6 Å². The summed E-state index contributed by atoms with van der Waals surface area (Å²) in [7, 11) is 0. The van der Waals surface area contributed by atoms with Gasteiger partial charge in [-0.1, -0.05) is 158 Å². The Balaban J connectivity index is 1.16. The molecular formula is C52H32N4O. The highest BCUT2D eigenvalue weighted by molar-refractivity contribution is 6.14. The van der Waals surface area contributed by atoms with E-state index in [1.165, 1.54) is 5.56 Å². The Kier molecular flexibility index (Phi) is 8.48. The molecule has 0 bridgehead atoms. The summed E-state index contributed by atoms with van der Waals surface area (Å²) in [5.41, 5.74) is 13.5. The molecule has 0 aliphatic rings. The fourth-order valence-corrected chi connectivity index (χ4v) is 7.54. The lowest BCUT2D eigenvalue weighted by atomic mass is 9.93. The molecule has 0 unspecified atom stereocenters. The van der Waals surface area contributed by atoms with E-state index in [0.717, 1.165) is 77.6 Å². The van der Waals surface area contributed by atoms with Gasteiger partial charge in [-0.15, -0.1) is 0 Å². The molecule has 0 radical (unpaired) electrons. The largest absolute Gasteiger partial charge is 0.456 e. The highest BCUT2D eigenvalue weighted by Gasteiger charge is 2.21. The minimum atomic E-state index is 0.548. The minimum Gasteiger partial charge on any atom is -0.456 e. The summed E-state index contributed by atoms with van der Waals surface area (Å²) in [6.07, 6.45) is 0. The molecule has 0 aliphatic heterocycles. The van der Waals surface area contributed by atoms with Gasteiger partial charge in [0.05, 0.1) is 11.6 Å². The molecule has 8 aromatic carbocycles. The van der Waals surface area contributed by atoms with Crippen molar-refractivity contribution in [3.8, 4) is 84.7 Å². The molecule has 0 amide bonds. The third-order valence-electron chi connectivity index (χ3n) is 10.4. The van der Waals surface area contributed by atoms with Crippen LogP contribution in [0.5, 0.6) is 0 Å². The number of aromatic nitrogens is 3. The second kappa shape index (κ2) is 14.4. The Bertz CT molecular complexity index is 3100. The molecule has 0 saturated heterocycles. The highest BCUT2D eigenvalue weighted by atomic mass is 16.3. The number of benzene rings is 8. The third-order valence-corrected chi connectivity index (χ3v) is 10.4. The molecule has 5 heteroatoms. The third kappa shape index (κ3) is 6.42. The van der Waals surface area contributed by atoms with E-state index in [4.69, 9.17) is 19.4 Å². The summed E-state index contributed by atoms with van der Waals surface area (Å²) in [6.45, 7) is 0. The Morgan fingerprint density at radius 2 is 0.860 bits per heavy atom. The van der Waals surface area contributed by atoms with Gasteiger partial charge in [0, 0.05) is 27.5 Å². The van der Waals surface area contributed by atoms with Gasteiger partial charge in [0.25, 0.3) is 0 Å². The molecule has 0 spiro atoms. The van der Waals surface area contributed by atoms with E-state index in [2.05, 4.69) is 115 Å². The maximum absolute atomic E-state index is 9.26. The smallest absolute Gasteiger partial charge is 0.164 e. The summed E-state index contributed by atoms with van der Waals surface area (Å²) in [5, 5.41) is 11.3. The van der Waals surface area contributed by atoms with Crippen LogP contribution in [0.25, 0.3) is 101 Å². The standard InChI is InChI=1S/C52H32N4O/c53-33-34-22-24-36(25-23-34)37-26-28-40(29-27-37)51-54-50(39-16-8-3-9-17-39)55-52(56-51)45-32-48-46(31-44(45)38-14-6-2-7-15-38)49-43(20-11-21-47(49)57-48)42-19-10-18-41(30-42)35-12-4-1-5-13-35/h1-32H. The van der Waals surface area contributed by atoms with E-state index < -0.39 is 0 Å². The quantitative estimate of drug-likeness (QED) is 0.163. The van der Waals surface area contributed by atoms with Crippen LogP contribution in [0.2, 0.25) is 0 Å². The number of hydrogen-bond donors (Lipinski definition) is 0. The van der Waals surface area contributed by atoms with Crippen molar-refractivity contribution in [2.75, 3.05) is 0 Å². The molecule has 2 aromatic heterocycles. The van der Waals surface area contributed by atoms with Crippen molar-refractivity contribution in [1.82, 2.24) is 15.0 Å². The minimum absolute atomic E-state index is 0.548. The average molecular weight is 729 g/mol. The van der Waals surface area contributed by atoms with Crippen LogP contribution < -0.4 is 0 Å². The molecule has 10 aromatic rings. The fourth-order valence-electron chi connectivity index (χ4n) is 7.54. The zero-order chi connectivity index (χ0) is 38.1. The predicted molar refractivity (Wildman–Crippen MR) is 230 cm³/mol. The van der Waals surface area contributed by atoms with Gasteiger partial charge in [-0.05, 0) is 80.9 Å². The number of nitrogens with zero attached hydrogens (tertiary/aromatic N) is 4. The van der Waals surface area contributed by atoms with Gasteiger partial charge in [0.15, 0.2) is 17.5 Å². The normalized spacial score (nSPS) is 11.1. The molecule has 57 heavy (non-hydrogen) atoms. The number of furan rings is 1. The molecule has 2 heterocycles. The van der Waals surface area contributed by atoms with E-state index in [0.29, 0.717) is 23.0 Å². The van der Waals surface area contributed by atoms with E-state index >= 15 is 0 Å². The molecule has 266 valence electrons. The van der Waals surface area contributed by atoms with Gasteiger partial charge < -0.3 is 4.42 Å². The van der Waals surface area contributed by atoms with Crippen LogP contribution in [-0.2, 0) is 0 Å². The lowest BCUT2D eigenvalue weighted by molar-refractivity contribution is 0.669. The molecule has 0 saturated carbocycles. The number of rotatable bonds is 7. The summed E-state index contributed by atoms with van der Waals surface area (Å²) in [6, 6.07) is 68.2. The fraction of sp³-hybridized carbons (Fsp3) is 0. The maximum atomic E-state index is 9.26. The van der Waals surface area contributed by atoms with Crippen LogP contribution in [0.3, 0.4) is 0 Å². The van der Waals surface area contributed by atoms with Crippen molar-refractivity contribution in [3.63, 3.8) is 0 Å². The summed E-state index contributed by atoms with van der Waals surface area (Å²) < 4.78 is 6.69. The van der Waals surface area contributed by atoms with E-state index in [9.17, 15) is 5.26 Å². The lowest BCUT2D eigenvalue weighted by Gasteiger charge is -2.13. The number of nitriles is 1. The molecule has 0 N–H and O–H groups in total. The molecular weight excluding hydrogens is 697 g/mol. The van der Waals surface area contributed by atoms with Gasteiger partial charge in [-0.3, -0.25) is 0 Å². The highest BCUT2D eigenvalue weighted by Crippen LogP contribution is 2.43. The molecule has 0 aliphatic carbocycles. The summed E-state index contributed by atoms with van der Waals surface area (Å²) in [5.74, 6) is 1.69. The Labute approximate surface area is 329 Å². The second-order valence-corrected chi connectivity index (χ2v) is 13.9. The zero-order valence-electron chi connectivity index (χ0n) is 30.7. The van der Waals surface area contributed by atoms with Gasteiger partial charge in [-0.2, -0.15) is 5.26 Å². The Morgan fingerprint density at radius 3 is 1.53 bits per heavy atom. The van der Waals surface area contributed by atoms with Gasteiger partial charge in [0.1, 0.15) is 11.2 Å². The first-order chi connectivity index (χ1) is 28.2.